The maximum Gasteiger partial charge on any atom is 0.253 e. The highest BCUT2D eigenvalue weighted by Crippen LogP contribution is 2.14. The van der Waals surface area contributed by atoms with Crippen molar-refractivity contribution in [1.82, 2.24) is 10.3 Å². The standard InChI is InChI=1S/C11H13ClN2O2/c1-3-16-5-4-8-6-10(12)14-7-9(8)11(15)13-2/h4-7H,3H2,1-2H3,(H,13,15)/b5-4+. The number of carbonyl (C=O) groups excluding carboxylic acids is 1. The summed E-state index contributed by atoms with van der Waals surface area (Å²) in [7, 11) is 1.56. The SMILES string of the molecule is CCO/C=C/c1cc(Cl)ncc1C(=O)NC. The van der Waals surface area contributed by atoms with E-state index in [0.29, 0.717) is 22.9 Å². The molecule has 1 N–H and O–H groups in total. The fourth-order valence-electron chi connectivity index (χ4n) is 1.12. The first-order chi connectivity index (χ1) is 7.69. The fourth-order valence-corrected chi connectivity index (χ4v) is 1.29. The first-order valence-corrected chi connectivity index (χ1v) is 5.22. The highest BCUT2D eigenvalue weighted by molar-refractivity contribution is 6.29. The lowest BCUT2D eigenvalue weighted by Crippen LogP contribution is -2.19. The number of aromatic nitrogens is 1. The third kappa shape index (κ3) is 3.24. The van der Waals surface area contributed by atoms with Crippen LogP contribution in [0.15, 0.2) is 18.5 Å². The minimum absolute atomic E-state index is 0.208. The normalized spacial score (nSPS) is 10.4. The second-order valence-corrected chi connectivity index (χ2v) is 3.32. The maximum absolute atomic E-state index is 11.5. The van der Waals surface area contributed by atoms with Crippen molar-refractivity contribution in [2.24, 2.45) is 0 Å². The molecule has 16 heavy (non-hydrogen) atoms. The molecule has 0 bridgehead atoms. The van der Waals surface area contributed by atoms with E-state index in [-0.39, 0.29) is 5.91 Å². The van der Waals surface area contributed by atoms with E-state index in [1.54, 1.807) is 19.2 Å². The van der Waals surface area contributed by atoms with Crippen LogP contribution in [0.4, 0.5) is 0 Å². The van der Waals surface area contributed by atoms with Gasteiger partial charge in [0.2, 0.25) is 0 Å². The molecule has 0 saturated carbocycles. The van der Waals surface area contributed by atoms with Crippen molar-refractivity contribution in [3.8, 4) is 0 Å². The smallest absolute Gasteiger partial charge is 0.253 e. The fraction of sp³-hybridized carbons (Fsp3) is 0.273. The number of nitrogens with zero attached hydrogens (tertiary/aromatic N) is 1. The van der Waals surface area contributed by atoms with Gasteiger partial charge in [0.1, 0.15) is 5.15 Å². The summed E-state index contributed by atoms with van der Waals surface area (Å²) in [5, 5.41) is 2.87. The summed E-state index contributed by atoms with van der Waals surface area (Å²) in [6.07, 6.45) is 4.65. The number of carbonyl (C=O) groups is 1. The topological polar surface area (TPSA) is 51.2 Å². The van der Waals surface area contributed by atoms with Gasteiger partial charge >= 0.3 is 0 Å². The molecule has 1 rings (SSSR count). The summed E-state index contributed by atoms with van der Waals surface area (Å²) in [6, 6.07) is 1.61. The molecular weight excluding hydrogens is 228 g/mol. The molecule has 0 spiro atoms. The van der Waals surface area contributed by atoms with Crippen molar-refractivity contribution in [3.05, 3.63) is 34.8 Å². The van der Waals surface area contributed by atoms with Crippen molar-refractivity contribution in [2.45, 2.75) is 6.92 Å². The third-order valence-corrected chi connectivity index (χ3v) is 2.09. The van der Waals surface area contributed by atoms with Gasteiger partial charge in [-0.3, -0.25) is 4.79 Å². The number of amides is 1. The monoisotopic (exact) mass is 240 g/mol. The Balaban J connectivity index is 3.03. The van der Waals surface area contributed by atoms with E-state index in [4.69, 9.17) is 16.3 Å². The first-order valence-electron chi connectivity index (χ1n) is 4.84. The molecule has 0 aliphatic carbocycles. The molecule has 1 aromatic rings. The molecule has 1 aromatic heterocycles. The molecule has 0 fully saturated rings. The van der Waals surface area contributed by atoms with E-state index in [9.17, 15) is 4.79 Å². The largest absolute Gasteiger partial charge is 0.501 e. The number of rotatable bonds is 4. The van der Waals surface area contributed by atoms with Crippen LogP contribution >= 0.6 is 11.6 Å². The van der Waals surface area contributed by atoms with Gasteiger partial charge in [0.05, 0.1) is 18.4 Å². The lowest BCUT2D eigenvalue weighted by Gasteiger charge is -2.04. The van der Waals surface area contributed by atoms with Gasteiger partial charge in [-0.1, -0.05) is 11.6 Å². The van der Waals surface area contributed by atoms with Gasteiger partial charge < -0.3 is 10.1 Å². The summed E-state index contributed by atoms with van der Waals surface area (Å²) in [6.45, 7) is 2.45. The average molecular weight is 241 g/mol. The minimum atomic E-state index is -0.208. The predicted octanol–water partition coefficient (Wildman–Crippen LogP) is 2.10. The lowest BCUT2D eigenvalue weighted by molar-refractivity contribution is 0.0962. The third-order valence-electron chi connectivity index (χ3n) is 1.88. The molecule has 0 saturated heterocycles. The molecule has 0 radical (unpaired) electrons. The Morgan fingerprint density at radius 1 is 1.69 bits per heavy atom. The van der Waals surface area contributed by atoms with Gasteiger partial charge in [0.15, 0.2) is 0 Å². The predicted molar refractivity (Wildman–Crippen MR) is 63.3 cm³/mol. The average Bonchev–Trinajstić information content (AvgIpc) is 2.29. The summed E-state index contributed by atoms with van der Waals surface area (Å²) in [5.74, 6) is -0.208. The van der Waals surface area contributed by atoms with Gasteiger partial charge in [0, 0.05) is 13.2 Å². The number of ether oxygens (including phenoxy) is 1. The van der Waals surface area contributed by atoms with E-state index >= 15 is 0 Å². The van der Waals surface area contributed by atoms with Crippen LogP contribution in [-0.4, -0.2) is 24.5 Å². The molecule has 1 heterocycles. The molecule has 0 aliphatic rings. The van der Waals surface area contributed by atoms with Crippen LogP contribution in [0.25, 0.3) is 6.08 Å². The second kappa shape index (κ2) is 6.12. The summed E-state index contributed by atoms with van der Waals surface area (Å²) >= 11 is 5.76. The van der Waals surface area contributed by atoms with E-state index in [0.717, 1.165) is 0 Å². The number of pyridine rings is 1. The van der Waals surface area contributed by atoms with Crippen LogP contribution in [0, 0.1) is 0 Å². The maximum atomic E-state index is 11.5. The van der Waals surface area contributed by atoms with Gasteiger partial charge in [-0.05, 0) is 24.6 Å². The van der Waals surface area contributed by atoms with Gasteiger partial charge in [0.25, 0.3) is 5.91 Å². The Kier molecular flexibility index (Phi) is 4.79. The quantitative estimate of drug-likeness (QED) is 0.648. The second-order valence-electron chi connectivity index (χ2n) is 2.93. The Labute approximate surface area is 99.3 Å². The van der Waals surface area contributed by atoms with E-state index in [1.165, 1.54) is 12.5 Å². The van der Waals surface area contributed by atoms with Crippen LogP contribution < -0.4 is 5.32 Å². The summed E-state index contributed by atoms with van der Waals surface area (Å²) in [5.41, 5.74) is 1.13. The van der Waals surface area contributed by atoms with Crippen LogP contribution in [0.3, 0.4) is 0 Å². The molecule has 86 valence electrons. The zero-order chi connectivity index (χ0) is 12.0. The minimum Gasteiger partial charge on any atom is -0.501 e. The van der Waals surface area contributed by atoms with E-state index < -0.39 is 0 Å². The van der Waals surface area contributed by atoms with E-state index in [2.05, 4.69) is 10.3 Å². The highest BCUT2D eigenvalue weighted by Gasteiger charge is 2.09. The van der Waals surface area contributed by atoms with Gasteiger partial charge in [-0.25, -0.2) is 4.98 Å². The Morgan fingerprint density at radius 3 is 3.06 bits per heavy atom. The van der Waals surface area contributed by atoms with Crippen LogP contribution in [0.1, 0.15) is 22.8 Å². The van der Waals surface area contributed by atoms with Crippen LogP contribution in [-0.2, 0) is 4.74 Å². The molecule has 1 amide bonds. The molecule has 4 nitrogen and oxygen atoms in total. The van der Waals surface area contributed by atoms with Gasteiger partial charge in [-0.2, -0.15) is 0 Å². The molecule has 5 heteroatoms. The highest BCUT2D eigenvalue weighted by atomic mass is 35.5. The molecule has 0 aliphatic heterocycles. The number of nitrogens with one attached hydrogen (secondary N) is 1. The first kappa shape index (κ1) is 12.5. The van der Waals surface area contributed by atoms with E-state index in [1.807, 2.05) is 6.92 Å². The molecular formula is C11H13ClN2O2. The Morgan fingerprint density at radius 2 is 2.44 bits per heavy atom. The zero-order valence-electron chi connectivity index (χ0n) is 9.16. The van der Waals surface area contributed by atoms with Crippen molar-refractivity contribution < 1.29 is 9.53 Å². The van der Waals surface area contributed by atoms with Crippen LogP contribution in [0.5, 0.6) is 0 Å². The number of hydrogen-bond donors (Lipinski definition) is 1. The molecule has 0 aromatic carbocycles. The lowest BCUT2D eigenvalue weighted by atomic mass is 10.1. The molecule has 0 unspecified atom stereocenters. The zero-order valence-corrected chi connectivity index (χ0v) is 9.91. The van der Waals surface area contributed by atoms with Gasteiger partial charge in [-0.15, -0.1) is 0 Å². The Hall–Kier alpha value is -1.55. The van der Waals surface area contributed by atoms with Crippen molar-refractivity contribution >= 4 is 23.6 Å². The van der Waals surface area contributed by atoms with Crippen molar-refractivity contribution in [3.63, 3.8) is 0 Å². The molecule has 0 atom stereocenters. The summed E-state index contributed by atoms with van der Waals surface area (Å²) in [4.78, 5) is 15.4. The number of halogens is 1. The summed E-state index contributed by atoms with van der Waals surface area (Å²) < 4.78 is 5.07. The Bertz CT molecular complexity index is 405. The van der Waals surface area contributed by atoms with Crippen LogP contribution in [0.2, 0.25) is 5.15 Å². The van der Waals surface area contributed by atoms with Crippen molar-refractivity contribution in [1.29, 1.82) is 0 Å². The van der Waals surface area contributed by atoms with Crippen molar-refractivity contribution in [2.75, 3.05) is 13.7 Å². The number of hydrogen-bond acceptors (Lipinski definition) is 3.